The van der Waals surface area contributed by atoms with Crippen molar-refractivity contribution >= 4 is 23.0 Å². The molecule has 0 saturated carbocycles. The normalized spacial score (nSPS) is 13.6. The van der Waals surface area contributed by atoms with Crippen LogP contribution in [-0.2, 0) is 11.2 Å². The highest BCUT2D eigenvalue weighted by atomic mass is 16.2. The Balaban J connectivity index is 1.69. The molecule has 22 heavy (non-hydrogen) atoms. The summed E-state index contributed by atoms with van der Waals surface area (Å²) in [5.74, 6) is -0.0139. The average Bonchev–Trinajstić information content (AvgIpc) is 2.51. The van der Waals surface area contributed by atoms with Crippen LogP contribution in [0, 0.1) is 6.92 Å². The maximum atomic E-state index is 12.3. The Labute approximate surface area is 130 Å². The fourth-order valence-corrected chi connectivity index (χ4v) is 2.87. The molecule has 2 aromatic rings. The number of fused-ring (bicyclic) bond motifs is 1. The van der Waals surface area contributed by atoms with E-state index in [4.69, 9.17) is 5.73 Å². The predicted molar refractivity (Wildman–Crippen MR) is 91.2 cm³/mol. The van der Waals surface area contributed by atoms with Gasteiger partial charge in [-0.3, -0.25) is 4.79 Å². The van der Waals surface area contributed by atoms with Gasteiger partial charge in [0.25, 0.3) is 0 Å². The van der Waals surface area contributed by atoms with E-state index in [0.29, 0.717) is 12.2 Å². The SMILES string of the molecule is Cc1ccc(NC(=O)CN2CCCc3ccccc32)cc1N. The molecular weight excluding hydrogens is 274 g/mol. The molecule has 0 atom stereocenters. The Hall–Kier alpha value is -2.49. The maximum absolute atomic E-state index is 12.3. The van der Waals surface area contributed by atoms with Crippen molar-refractivity contribution in [3.8, 4) is 0 Å². The van der Waals surface area contributed by atoms with Crippen LogP contribution in [-0.4, -0.2) is 19.0 Å². The Bertz CT molecular complexity index is 696. The van der Waals surface area contributed by atoms with E-state index in [0.717, 1.165) is 30.6 Å². The summed E-state index contributed by atoms with van der Waals surface area (Å²) < 4.78 is 0. The average molecular weight is 295 g/mol. The summed E-state index contributed by atoms with van der Waals surface area (Å²) in [7, 11) is 0. The standard InChI is InChI=1S/C18H21N3O/c1-13-8-9-15(11-16(13)19)20-18(22)12-21-10-4-6-14-5-2-3-7-17(14)21/h2-3,5,7-9,11H,4,6,10,12,19H2,1H3,(H,20,22). The zero-order valence-electron chi connectivity index (χ0n) is 12.8. The largest absolute Gasteiger partial charge is 0.398 e. The number of hydrogen-bond donors (Lipinski definition) is 2. The van der Waals surface area contributed by atoms with E-state index in [2.05, 4.69) is 28.4 Å². The summed E-state index contributed by atoms with van der Waals surface area (Å²) in [4.78, 5) is 14.4. The molecule has 0 unspecified atom stereocenters. The zero-order valence-corrected chi connectivity index (χ0v) is 12.8. The van der Waals surface area contributed by atoms with Gasteiger partial charge in [-0.05, 0) is 49.1 Å². The highest BCUT2D eigenvalue weighted by Gasteiger charge is 2.18. The lowest BCUT2D eigenvalue weighted by atomic mass is 10.0. The van der Waals surface area contributed by atoms with E-state index in [1.807, 2.05) is 25.1 Å². The first-order valence-electron chi connectivity index (χ1n) is 7.62. The Morgan fingerprint density at radius 1 is 1.27 bits per heavy atom. The van der Waals surface area contributed by atoms with Crippen molar-refractivity contribution < 1.29 is 4.79 Å². The second-order valence-corrected chi connectivity index (χ2v) is 5.77. The van der Waals surface area contributed by atoms with Crippen molar-refractivity contribution in [2.24, 2.45) is 0 Å². The number of rotatable bonds is 3. The van der Waals surface area contributed by atoms with Crippen LogP contribution in [0.1, 0.15) is 17.5 Å². The molecule has 0 spiro atoms. The van der Waals surface area contributed by atoms with Crippen molar-refractivity contribution in [2.75, 3.05) is 29.0 Å². The Kier molecular flexibility index (Phi) is 4.00. The highest BCUT2D eigenvalue weighted by Crippen LogP contribution is 2.26. The fraction of sp³-hybridized carbons (Fsp3) is 0.278. The van der Waals surface area contributed by atoms with Crippen molar-refractivity contribution in [1.82, 2.24) is 0 Å². The first kappa shape index (κ1) is 14.4. The molecule has 0 fully saturated rings. The number of nitrogens with zero attached hydrogens (tertiary/aromatic N) is 1. The second kappa shape index (κ2) is 6.10. The minimum Gasteiger partial charge on any atom is -0.398 e. The Morgan fingerprint density at radius 3 is 2.91 bits per heavy atom. The molecule has 3 rings (SSSR count). The van der Waals surface area contributed by atoms with E-state index in [9.17, 15) is 4.79 Å². The molecule has 0 aliphatic carbocycles. The molecular formula is C18H21N3O. The number of nitrogen functional groups attached to an aromatic ring is 1. The van der Waals surface area contributed by atoms with E-state index in [1.54, 1.807) is 6.07 Å². The van der Waals surface area contributed by atoms with Crippen LogP contribution in [0.3, 0.4) is 0 Å². The molecule has 0 radical (unpaired) electrons. The lowest BCUT2D eigenvalue weighted by Gasteiger charge is -2.30. The quantitative estimate of drug-likeness (QED) is 0.856. The number of carbonyl (C=O) groups is 1. The number of para-hydroxylation sites is 1. The van der Waals surface area contributed by atoms with Crippen LogP contribution in [0.2, 0.25) is 0 Å². The van der Waals surface area contributed by atoms with Gasteiger partial charge in [0.15, 0.2) is 0 Å². The van der Waals surface area contributed by atoms with Crippen LogP contribution in [0.5, 0.6) is 0 Å². The number of aryl methyl sites for hydroxylation is 2. The molecule has 4 heteroatoms. The number of hydrogen-bond acceptors (Lipinski definition) is 3. The molecule has 0 saturated heterocycles. The van der Waals surface area contributed by atoms with E-state index in [-0.39, 0.29) is 5.91 Å². The number of carbonyl (C=O) groups excluding carboxylic acids is 1. The van der Waals surface area contributed by atoms with E-state index < -0.39 is 0 Å². The van der Waals surface area contributed by atoms with Gasteiger partial charge in [-0.1, -0.05) is 24.3 Å². The van der Waals surface area contributed by atoms with Crippen LogP contribution in [0.4, 0.5) is 17.1 Å². The van der Waals surface area contributed by atoms with Crippen molar-refractivity contribution in [1.29, 1.82) is 0 Å². The van der Waals surface area contributed by atoms with Gasteiger partial charge in [0.05, 0.1) is 6.54 Å². The first-order valence-corrected chi connectivity index (χ1v) is 7.62. The molecule has 3 N–H and O–H groups in total. The molecule has 1 heterocycles. The van der Waals surface area contributed by atoms with Gasteiger partial charge < -0.3 is 16.0 Å². The number of benzene rings is 2. The third-order valence-corrected chi connectivity index (χ3v) is 4.10. The van der Waals surface area contributed by atoms with E-state index >= 15 is 0 Å². The van der Waals surface area contributed by atoms with Gasteiger partial charge in [0.1, 0.15) is 0 Å². The van der Waals surface area contributed by atoms with Crippen LogP contribution >= 0.6 is 0 Å². The molecule has 1 aliphatic heterocycles. The van der Waals surface area contributed by atoms with Crippen LogP contribution in [0.15, 0.2) is 42.5 Å². The fourth-order valence-electron chi connectivity index (χ4n) is 2.87. The first-order chi connectivity index (χ1) is 10.6. The molecule has 114 valence electrons. The third kappa shape index (κ3) is 3.06. The van der Waals surface area contributed by atoms with Crippen molar-refractivity contribution in [2.45, 2.75) is 19.8 Å². The van der Waals surface area contributed by atoms with Gasteiger partial charge in [0.2, 0.25) is 5.91 Å². The van der Waals surface area contributed by atoms with Crippen LogP contribution in [0.25, 0.3) is 0 Å². The molecule has 1 amide bonds. The summed E-state index contributed by atoms with van der Waals surface area (Å²) in [5, 5.41) is 2.93. The lowest BCUT2D eigenvalue weighted by molar-refractivity contribution is -0.115. The number of nitrogens with one attached hydrogen (secondary N) is 1. The summed E-state index contributed by atoms with van der Waals surface area (Å²) in [6, 6.07) is 13.9. The Morgan fingerprint density at radius 2 is 2.09 bits per heavy atom. The predicted octanol–water partition coefficient (Wildman–Crippen LogP) is 2.97. The highest BCUT2D eigenvalue weighted by molar-refractivity contribution is 5.94. The van der Waals surface area contributed by atoms with Crippen molar-refractivity contribution in [3.05, 3.63) is 53.6 Å². The summed E-state index contributed by atoms with van der Waals surface area (Å²) in [5.41, 5.74) is 10.8. The number of amides is 1. The van der Waals surface area contributed by atoms with E-state index in [1.165, 1.54) is 11.3 Å². The van der Waals surface area contributed by atoms with Gasteiger partial charge in [-0.25, -0.2) is 0 Å². The second-order valence-electron chi connectivity index (χ2n) is 5.77. The molecule has 2 aromatic carbocycles. The molecule has 0 bridgehead atoms. The van der Waals surface area contributed by atoms with Gasteiger partial charge in [-0.2, -0.15) is 0 Å². The minimum absolute atomic E-state index is 0.0139. The summed E-state index contributed by atoms with van der Waals surface area (Å²) in [6.45, 7) is 3.23. The summed E-state index contributed by atoms with van der Waals surface area (Å²) in [6.07, 6.45) is 2.17. The van der Waals surface area contributed by atoms with Gasteiger partial charge in [0, 0.05) is 23.6 Å². The van der Waals surface area contributed by atoms with Gasteiger partial charge >= 0.3 is 0 Å². The minimum atomic E-state index is -0.0139. The maximum Gasteiger partial charge on any atom is 0.243 e. The molecule has 1 aliphatic rings. The topological polar surface area (TPSA) is 58.4 Å². The smallest absolute Gasteiger partial charge is 0.243 e. The molecule has 0 aromatic heterocycles. The number of anilines is 3. The summed E-state index contributed by atoms with van der Waals surface area (Å²) >= 11 is 0. The van der Waals surface area contributed by atoms with Crippen LogP contribution < -0.4 is 16.0 Å². The third-order valence-electron chi connectivity index (χ3n) is 4.10. The number of nitrogens with two attached hydrogens (primary N) is 1. The molecule has 4 nitrogen and oxygen atoms in total. The monoisotopic (exact) mass is 295 g/mol. The lowest BCUT2D eigenvalue weighted by Crippen LogP contribution is -2.36. The zero-order chi connectivity index (χ0) is 15.5. The van der Waals surface area contributed by atoms with Gasteiger partial charge in [-0.15, -0.1) is 0 Å². The van der Waals surface area contributed by atoms with Crippen molar-refractivity contribution in [3.63, 3.8) is 0 Å².